The van der Waals surface area contributed by atoms with Crippen LogP contribution < -0.4 is 15.9 Å². The second-order valence-electron chi connectivity index (χ2n) is 6.67. The van der Waals surface area contributed by atoms with Crippen molar-refractivity contribution >= 4 is 51.6 Å². The van der Waals surface area contributed by atoms with Crippen molar-refractivity contribution in [3.8, 4) is 0 Å². The van der Waals surface area contributed by atoms with E-state index in [9.17, 15) is 19.2 Å². The van der Waals surface area contributed by atoms with Gasteiger partial charge in [-0.2, -0.15) is 0 Å². The van der Waals surface area contributed by atoms with Gasteiger partial charge in [0.25, 0.3) is 11.6 Å². The van der Waals surface area contributed by atoms with Gasteiger partial charge in [0.1, 0.15) is 0 Å². The van der Waals surface area contributed by atoms with Gasteiger partial charge in [-0.05, 0) is 22.8 Å². The lowest BCUT2D eigenvalue weighted by Gasteiger charge is -2.31. The van der Waals surface area contributed by atoms with Crippen LogP contribution in [-0.4, -0.2) is 43.0 Å². The molecule has 0 heterocycles. The molecule has 0 aliphatic carbocycles. The molecule has 162 valence electrons. The number of hydrogen-bond acceptors (Lipinski definition) is 6. The SMILES string of the molecule is COC(=O)C(=O)C(C(=O)C(=O)OC)=P(c1ccccc1)(c1ccccc1)c1ccccc1. The van der Waals surface area contributed by atoms with Gasteiger partial charge in [-0.15, -0.1) is 0 Å². The summed E-state index contributed by atoms with van der Waals surface area (Å²) >= 11 is 0. The van der Waals surface area contributed by atoms with E-state index in [0.29, 0.717) is 15.9 Å². The van der Waals surface area contributed by atoms with Crippen LogP contribution in [0, 0.1) is 0 Å². The smallest absolute Gasteiger partial charge is 0.379 e. The van der Waals surface area contributed by atoms with E-state index in [4.69, 9.17) is 0 Å². The maximum Gasteiger partial charge on any atom is 0.379 e. The summed E-state index contributed by atoms with van der Waals surface area (Å²) in [5.74, 6) is -4.81. The summed E-state index contributed by atoms with van der Waals surface area (Å²) in [6, 6.07) is 26.8. The van der Waals surface area contributed by atoms with Gasteiger partial charge in [-0.3, -0.25) is 9.59 Å². The highest BCUT2D eigenvalue weighted by atomic mass is 31.2. The molecule has 6 nitrogen and oxygen atoms in total. The monoisotopic (exact) mass is 448 g/mol. The molecule has 0 aromatic heterocycles. The molecule has 0 saturated carbocycles. The zero-order valence-electron chi connectivity index (χ0n) is 17.6. The largest absolute Gasteiger partial charge is 0.463 e. The molecule has 3 aromatic carbocycles. The van der Waals surface area contributed by atoms with Gasteiger partial charge >= 0.3 is 11.9 Å². The normalized spacial score (nSPS) is 10.7. The molecule has 3 aromatic rings. The number of benzene rings is 3. The van der Waals surface area contributed by atoms with Gasteiger partial charge in [0, 0.05) is 0 Å². The first-order chi connectivity index (χ1) is 15.5. The van der Waals surface area contributed by atoms with Crippen molar-refractivity contribution in [3.05, 3.63) is 91.0 Å². The van der Waals surface area contributed by atoms with Crippen LogP contribution >= 0.6 is 6.89 Å². The molecule has 0 bridgehead atoms. The number of Topliss-reactive ketones (excluding diaryl/α,β-unsaturated/α-hetero) is 2. The lowest BCUT2D eigenvalue weighted by molar-refractivity contribution is -0.150. The van der Waals surface area contributed by atoms with Crippen molar-refractivity contribution in [3.63, 3.8) is 0 Å². The Morgan fingerprint density at radius 3 is 1.06 bits per heavy atom. The summed E-state index contributed by atoms with van der Waals surface area (Å²) < 4.78 is 9.33. The van der Waals surface area contributed by atoms with Gasteiger partial charge in [0.2, 0.25) is 0 Å². The number of carbonyl (C=O) groups is 4. The van der Waals surface area contributed by atoms with Gasteiger partial charge < -0.3 is 9.47 Å². The first-order valence-electron chi connectivity index (χ1n) is 9.67. The van der Waals surface area contributed by atoms with E-state index in [1.807, 2.05) is 0 Å². The third kappa shape index (κ3) is 4.05. The minimum absolute atomic E-state index is 0.459. The fourth-order valence-electron chi connectivity index (χ4n) is 3.58. The van der Waals surface area contributed by atoms with Crippen LogP contribution in [0.5, 0.6) is 0 Å². The fraction of sp³-hybridized carbons (Fsp3) is 0.0800. The Balaban J connectivity index is 2.68. The number of methoxy groups -OCH3 is 2. The molecule has 0 aliphatic heterocycles. The molecule has 0 unspecified atom stereocenters. The lowest BCUT2D eigenvalue weighted by Crippen LogP contribution is -2.43. The number of rotatable bonds is 7. The van der Waals surface area contributed by atoms with E-state index in [1.165, 1.54) is 0 Å². The Morgan fingerprint density at radius 1 is 0.531 bits per heavy atom. The summed E-state index contributed by atoms with van der Waals surface area (Å²) in [6.45, 7) is -3.29. The van der Waals surface area contributed by atoms with E-state index in [1.54, 1.807) is 91.0 Å². The first-order valence-corrected chi connectivity index (χ1v) is 11.5. The molecule has 3 rings (SSSR count). The van der Waals surface area contributed by atoms with E-state index in [-0.39, 0.29) is 0 Å². The number of esters is 2. The quantitative estimate of drug-likeness (QED) is 0.236. The van der Waals surface area contributed by atoms with Crippen LogP contribution in [-0.2, 0) is 28.7 Å². The molecule has 0 amide bonds. The number of hydrogen-bond donors (Lipinski definition) is 0. The van der Waals surface area contributed by atoms with Gasteiger partial charge in [-0.1, -0.05) is 91.0 Å². The first kappa shape index (κ1) is 22.9. The highest BCUT2D eigenvalue weighted by molar-refractivity contribution is 7.98. The zero-order valence-corrected chi connectivity index (χ0v) is 18.5. The van der Waals surface area contributed by atoms with E-state index in [0.717, 1.165) is 14.2 Å². The van der Waals surface area contributed by atoms with Crippen LogP contribution in [0.25, 0.3) is 0 Å². The molecule has 0 fully saturated rings. The minimum Gasteiger partial charge on any atom is -0.463 e. The zero-order chi connectivity index (χ0) is 23.1. The van der Waals surface area contributed by atoms with Crippen molar-refractivity contribution in [1.82, 2.24) is 0 Å². The maximum absolute atomic E-state index is 13.4. The Hall–Kier alpha value is -3.76. The van der Waals surface area contributed by atoms with Crippen molar-refractivity contribution in [2.45, 2.75) is 0 Å². The standard InChI is InChI=1S/C25H21O6P/c1-30-24(28)21(26)23(22(27)25(29)31-2)32(18-12-6-3-7-13-18,19-14-8-4-9-15-19)20-16-10-5-11-17-20/h3-17H,1-2H3. The summed E-state index contributed by atoms with van der Waals surface area (Å²) in [5, 5.41) is 1.42. The number of ketones is 2. The van der Waals surface area contributed by atoms with Crippen LogP contribution in [0.2, 0.25) is 0 Å². The number of ether oxygens (including phenoxy) is 2. The van der Waals surface area contributed by atoms with E-state index >= 15 is 0 Å². The van der Waals surface area contributed by atoms with E-state index < -0.39 is 35.7 Å². The summed E-state index contributed by atoms with van der Waals surface area (Å²) in [5.41, 5.74) is 0. The summed E-state index contributed by atoms with van der Waals surface area (Å²) in [4.78, 5) is 51.6. The average Bonchev–Trinajstić information content (AvgIpc) is 2.87. The van der Waals surface area contributed by atoms with Crippen LogP contribution in [0.15, 0.2) is 91.0 Å². The second-order valence-corrected chi connectivity index (χ2v) is 10.0. The third-order valence-electron chi connectivity index (χ3n) is 4.94. The van der Waals surface area contributed by atoms with Crippen molar-refractivity contribution in [1.29, 1.82) is 0 Å². The molecule has 0 radical (unpaired) electrons. The van der Waals surface area contributed by atoms with Crippen molar-refractivity contribution < 1.29 is 28.7 Å². The number of carbonyl (C=O) groups excluding carboxylic acids is 4. The molecular weight excluding hydrogens is 427 g/mol. The van der Waals surface area contributed by atoms with E-state index in [2.05, 4.69) is 9.47 Å². The third-order valence-corrected chi connectivity index (χ3v) is 9.23. The molecule has 0 saturated heterocycles. The lowest BCUT2D eigenvalue weighted by atomic mass is 10.2. The molecule has 0 aliphatic rings. The van der Waals surface area contributed by atoms with Crippen LogP contribution in [0.4, 0.5) is 0 Å². The highest BCUT2D eigenvalue weighted by Gasteiger charge is 2.42. The molecular formula is C25H21O6P. The average molecular weight is 448 g/mol. The van der Waals surface area contributed by atoms with Crippen molar-refractivity contribution in [2.24, 2.45) is 0 Å². The minimum atomic E-state index is -3.29. The second kappa shape index (κ2) is 10.0. The Morgan fingerprint density at radius 2 is 0.812 bits per heavy atom. The van der Waals surface area contributed by atoms with Crippen LogP contribution in [0.1, 0.15) is 0 Å². The van der Waals surface area contributed by atoms with Gasteiger partial charge in [0.05, 0.1) is 19.5 Å². The van der Waals surface area contributed by atoms with Crippen LogP contribution in [0.3, 0.4) is 0 Å². The van der Waals surface area contributed by atoms with Gasteiger partial charge in [0.15, 0.2) is 0 Å². The van der Waals surface area contributed by atoms with Crippen molar-refractivity contribution in [2.75, 3.05) is 14.2 Å². The molecule has 32 heavy (non-hydrogen) atoms. The fourth-order valence-corrected chi connectivity index (χ4v) is 7.89. The van der Waals surface area contributed by atoms with Gasteiger partial charge in [-0.25, -0.2) is 9.59 Å². The summed E-state index contributed by atoms with van der Waals surface area (Å²) in [6.07, 6.45) is 0. The maximum atomic E-state index is 13.4. The molecule has 0 atom stereocenters. The topological polar surface area (TPSA) is 86.7 Å². The Labute approximate surface area is 185 Å². The molecule has 0 N–H and O–H groups in total. The predicted octanol–water partition coefficient (Wildman–Crippen LogP) is 1.64. The molecule has 0 spiro atoms. The molecule has 7 heteroatoms. The predicted molar refractivity (Wildman–Crippen MR) is 124 cm³/mol. The highest BCUT2D eigenvalue weighted by Crippen LogP contribution is 2.46. The Kier molecular flexibility index (Phi) is 7.18. The summed E-state index contributed by atoms with van der Waals surface area (Å²) in [7, 11) is 2.10. The Bertz CT molecular complexity index is 1070.